The van der Waals surface area contributed by atoms with Gasteiger partial charge in [0.15, 0.2) is 16.9 Å². The Hall–Kier alpha value is -5.13. The van der Waals surface area contributed by atoms with Gasteiger partial charge in [-0.3, -0.25) is 18.7 Å². The van der Waals surface area contributed by atoms with E-state index < -0.39 is 5.91 Å². The maximum atomic E-state index is 14.1. The zero-order valence-corrected chi connectivity index (χ0v) is 21.3. The Balaban J connectivity index is 1.72. The summed E-state index contributed by atoms with van der Waals surface area (Å²) < 4.78 is 9.25. The molecule has 4 aromatic rings. The van der Waals surface area contributed by atoms with Gasteiger partial charge in [0.05, 0.1) is 25.2 Å². The summed E-state index contributed by atoms with van der Waals surface area (Å²) in [5, 5.41) is 3.32. The van der Waals surface area contributed by atoms with Gasteiger partial charge in [-0.05, 0) is 24.6 Å². The average Bonchev–Trinajstić information content (AvgIpc) is 3.33. The van der Waals surface area contributed by atoms with E-state index in [9.17, 15) is 9.59 Å². The van der Waals surface area contributed by atoms with E-state index in [1.54, 1.807) is 54.0 Å². The fraction of sp³-hybridized carbons (Fsp3) is 0.250. The zero-order valence-electron chi connectivity index (χ0n) is 21.3. The van der Waals surface area contributed by atoms with Crippen molar-refractivity contribution in [2.75, 3.05) is 31.1 Å². The molecule has 3 N–H and O–H groups in total. The van der Waals surface area contributed by atoms with Crippen molar-refractivity contribution >= 4 is 28.7 Å². The van der Waals surface area contributed by atoms with Gasteiger partial charge in [0.1, 0.15) is 5.75 Å². The number of primary amides is 1. The first-order chi connectivity index (χ1) is 19.0. The third-order valence-corrected chi connectivity index (χ3v) is 6.36. The van der Waals surface area contributed by atoms with Crippen molar-refractivity contribution in [1.29, 1.82) is 0 Å². The molecular formula is C28H26N8O3. The summed E-state index contributed by atoms with van der Waals surface area (Å²) in [4.78, 5) is 41.2. The number of fused-ring (bicyclic) bond motifs is 1. The molecule has 1 saturated heterocycles. The normalized spacial score (nSPS) is 13.0. The lowest BCUT2D eigenvalue weighted by atomic mass is 10.2. The van der Waals surface area contributed by atoms with Crippen molar-refractivity contribution in [3.8, 4) is 23.6 Å². The Morgan fingerprint density at radius 1 is 1.15 bits per heavy atom. The maximum absolute atomic E-state index is 14.1. The van der Waals surface area contributed by atoms with Crippen LogP contribution >= 0.6 is 0 Å². The summed E-state index contributed by atoms with van der Waals surface area (Å²) in [6.45, 7) is 12.5. The zero-order chi connectivity index (χ0) is 27.4. The van der Waals surface area contributed by atoms with Crippen LogP contribution in [0.5, 0.6) is 11.8 Å². The van der Waals surface area contributed by atoms with E-state index in [0.29, 0.717) is 22.7 Å². The van der Waals surface area contributed by atoms with Crippen LogP contribution in [0.3, 0.4) is 0 Å². The third kappa shape index (κ3) is 5.17. The number of imidazole rings is 1. The number of ether oxygens (including phenoxy) is 1. The SMILES string of the molecule is [C-]#[N+]c1cccc(Cn2c(Oc3ccccc3C(N)=O)nc3nc(N4CCNCC4)n(CC#CC)c3c2=O)c1. The van der Waals surface area contributed by atoms with Crippen molar-refractivity contribution in [1.82, 2.24) is 24.4 Å². The second-order valence-electron chi connectivity index (χ2n) is 8.86. The number of hydrogen-bond acceptors (Lipinski definition) is 7. The summed E-state index contributed by atoms with van der Waals surface area (Å²) >= 11 is 0. The van der Waals surface area contributed by atoms with Gasteiger partial charge in [0.25, 0.3) is 11.5 Å². The number of anilines is 1. The fourth-order valence-electron chi connectivity index (χ4n) is 4.48. The van der Waals surface area contributed by atoms with Gasteiger partial charge in [0.2, 0.25) is 5.95 Å². The molecule has 1 amide bonds. The smallest absolute Gasteiger partial charge is 0.307 e. The van der Waals surface area contributed by atoms with Crippen LogP contribution in [0, 0.1) is 18.4 Å². The molecule has 1 aliphatic rings. The summed E-state index contributed by atoms with van der Waals surface area (Å²) in [6.07, 6.45) is 0. The highest BCUT2D eigenvalue weighted by atomic mass is 16.5. The van der Waals surface area contributed by atoms with Crippen molar-refractivity contribution < 1.29 is 9.53 Å². The summed E-state index contributed by atoms with van der Waals surface area (Å²) in [5.41, 5.74) is 6.99. The predicted octanol–water partition coefficient (Wildman–Crippen LogP) is 2.52. The number of piperazine rings is 1. The molecule has 39 heavy (non-hydrogen) atoms. The van der Waals surface area contributed by atoms with E-state index in [1.165, 1.54) is 4.57 Å². The Bertz CT molecular complexity index is 1710. The molecule has 0 radical (unpaired) electrons. The van der Waals surface area contributed by atoms with E-state index in [1.807, 2.05) is 6.07 Å². The monoisotopic (exact) mass is 522 g/mol. The molecule has 196 valence electrons. The van der Waals surface area contributed by atoms with E-state index in [2.05, 4.69) is 31.9 Å². The van der Waals surface area contributed by atoms with E-state index in [-0.39, 0.29) is 41.6 Å². The minimum Gasteiger partial charge on any atom is -0.425 e. The molecule has 1 fully saturated rings. The summed E-state index contributed by atoms with van der Waals surface area (Å²) in [7, 11) is 0. The lowest BCUT2D eigenvalue weighted by Gasteiger charge is -2.28. The van der Waals surface area contributed by atoms with Gasteiger partial charge < -0.3 is 20.7 Å². The highest BCUT2D eigenvalue weighted by molar-refractivity contribution is 5.95. The molecule has 0 spiro atoms. The average molecular weight is 523 g/mol. The maximum Gasteiger partial charge on any atom is 0.307 e. The number of aromatic nitrogens is 4. The van der Waals surface area contributed by atoms with Crippen LogP contribution in [0.15, 0.2) is 53.3 Å². The number of carbonyl (C=O) groups excluding carboxylic acids is 1. The number of para-hydroxylation sites is 1. The highest BCUT2D eigenvalue weighted by Gasteiger charge is 2.25. The van der Waals surface area contributed by atoms with Crippen LogP contribution in [0.4, 0.5) is 11.6 Å². The molecule has 3 heterocycles. The first-order valence-electron chi connectivity index (χ1n) is 12.4. The van der Waals surface area contributed by atoms with Crippen LogP contribution in [0.2, 0.25) is 0 Å². The van der Waals surface area contributed by atoms with Crippen molar-refractivity contribution in [2.24, 2.45) is 5.73 Å². The predicted molar refractivity (Wildman–Crippen MR) is 147 cm³/mol. The number of benzene rings is 2. The second-order valence-corrected chi connectivity index (χ2v) is 8.86. The summed E-state index contributed by atoms with van der Waals surface area (Å²) in [5.74, 6) is 6.04. The minimum absolute atomic E-state index is 0.0486. The van der Waals surface area contributed by atoms with Crippen molar-refractivity contribution in [3.63, 3.8) is 0 Å². The molecule has 0 bridgehead atoms. The van der Waals surface area contributed by atoms with Gasteiger partial charge in [-0.25, -0.2) is 4.85 Å². The fourth-order valence-corrected chi connectivity index (χ4v) is 4.48. The first kappa shape index (κ1) is 25.5. The third-order valence-electron chi connectivity index (χ3n) is 6.36. The largest absolute Gasteiger partial charge is 0.425 e. The molecular weight excluding hydrogens is 496 g/mol. The molecule has 1 aliphatic heterocycles. The standard InChI is InChI=1S/C28H26N8O3/c1-3-4-14-35-23-25(32-27(35)34-15-12-31-13-16-34)33-28(39-22-11-6-5-10-21(22)24(29)37)36(26(23)38)18-19-8-7-9-20(17-19)30-2/h5-11,17,31H,12-16,18H2,1H3,(H2,29,37). The Morgan fingerprint density at radius 2 is 1.95 bits per heavy atom. The van der Waals surface area contributed by atoms with E-state index in [4.69, 9.17) is 22.0 Å². The number of carbonyl (C=O) groups is 1. The van der Waals surface area contributed by atoms with Crippen LogP contribution in [0.1, 0.15) is 22.8 Å². The van der Waals surface area contributed by atoms with Crippen molar-refractivity contribution in [3.05, 3.63) is 81.4 Å². The number of nitrogens with zero attached hydrogens (tertiary/aromatic N) is 6. The Labute approximate surface area is 224 Å². The molecule has 11 nitrogen and oxygen atoms in total. The molecule has 2 aromatic heterocycles. The van der Waals surface area contributed by atoms with Gasteiger partial charge >= 0.3 is 6.01 Å². The van der Waals surface area contributed by atoms with Crippen LogP contribution in [-0.4, -0.2) is 51.2 Å². The van der Waals surface area contributed by atoms with Gasteiger partial charge in [-0.15, -0.1) is 5.92 Å². The number of nitrogens with one attached hydrogen (secondary N) is 1. The Morgan fingerprint density at radius 3 is 2.69 bits per heavy atom. The topological polar surface area (TPSA) is 125 Å². The molecule has 0 unspecified atom stereocenters. The molecule has 5 rings (SSSR count). The lowest BCUT2D eigenvalue weighted by molar-refractivity contribution is 0.0998. The first-order valence-corrected chi connectivity index (χ1v) is 12.4. The molecule has 0 saturated carbocycles. The number of hydrogen-bond donors (Lipinski definition) is 2. The van der Waals surface area contributed by atoms with Crippen molar-refractivity contribution in [2.45, 2.75) is 20.0 Å². The van der Waals surface area contributed by atoms with Gasteiger partial charge in [-0.1, -0.05) is 42.3 Å². The van der Waals surface area contributed by atoms with Crippen LogP contribution in [0.25, 0.3) is 16.0 Å². The second kappa shape index (κ2) is 11.1. The highest BCUT2D eigenvalue weighted by Crippen LogP contribution is 2.27. The summed E-state index contributed by atoms with van der Waals surface area (Å²) in [6, 6.07) is 13.4. The van der Waals surface area contributed by atoms with Gasteiger partial charge in [-0.2, -0.15) is 9.97 Å². The van der Waals surface area contributed by atoms with Crippen LogP contribution < -0.4 is 26.2 Å². The molecule has 0 aliphatic carbocycles. The lowest BCUT2D eigenvalue weighted by Crippen LogP contribution is -2.44. The minimum atomic E-state index is -0.672. The quantitative estimate of drug-likeness (QED) is 0.282. The number of nitrogens with two attached hydrogens (primary N) is 1. The Kier molecular flexibility index (Phi) is 7.26. The molecule has 11 heteroatoms. The molecule has 0 atom stereocenters. The number of rotatable bonds is 7. The van der Waals surface area contributed by atoms with E-state index >= 15 is 0 Å². The molecule has 2 aromatic carbocycles. The number of amides is 1. The van der Waals surface area contributed by atoms with E-state index in [0.717, 1.165) is 26.2 Å². The van der Waals surface area contributed by atoms with Gasteiger partial charge in [0, 0.05) is 26.2 Å². The van der Waals surface area contributed by atoms with Crippen LogP contribution in [-0.2, 0) is 13.1 Å².